The maximum Gasteiger partial charge on any atom is 0.131 e. The fraction of sp³-hybridized carbons (Fsp3) is 0.708. The van der Waals surface area contributed by atoms with Gasteiger partial charge in [-0.1, -0.05) is 6.92 Å². The lowest BCUT2D eigenvalue weighted by Gasteiger charge is -2.49. The fourth-order valence-corrected chi connectivity index (χ4v) is 7.29. The Morgan fingerprint density at radius 3 is 2.80 bits per heavy atom. The molecule has 3 aliphatic rings. The molecule has 0 unspecified atom stereocenters. The van der Waals surface area contributed by atoms with Crippen molar-refractivity contribution in [2.75, 3.05) is 32.9 Å². The van der Waals surface area contributed by atoms with Crippen molar-refractivity contribution < 1.29 is 14.6 Å². The second-order valence-corrected chi connectivity index (χ2v) is 10.3. The zero-order chi connectivity index (χ0) is 20.6. The van der Waals surface area contributed by atoms with E-state index in [1.807, 2.05) is 17.5 Å². The monoisotopic (exact) mass is 430 g/mol. The summed E-state index contributed by atoms with van der Waals surface area (Å²) in [4.78, 5) is 9.89. The zero-order valence-electron chi connectivity index (χ0n) is 18.1. The van der Waals surface area contributed by atoms with E-state index in [0.717, 1.165) is 69.0 Å². The van der Waals surface area contributed by atoms with E-state index in [0.29, 0.717) is 11.5 Å². The molecule has 0 aromatic carbocycles. The number of nitrogens with zero attached hydrogens (tertiary/aromatic N) is 2. The summed E-state index contributed by atoms with van der Waals surface area (Å²) in [6.07, 6.45) is 11.1. The number of aryl methyl sites for hydroxylation is 1. The minimum Gasteiger partial charge on any atom is -0.490 e. The molecule has 5 rings (SSSR count). The molecular weight excluding hydrogens is 396 g/mol. The average Bonchev–Trinajstić information content (AvgIpc) is 3.35. The Morgan fingerprint density at radius 1 is 1.27 bits per heavy atom. The Labute approximate surface area is 183 Å². The Bertz CT molecular complexity index is 869. The van der Waals surface area contributed by atoms with E-state index >= 15 is 0 Å². The Morgan fingerprint density at radius 2 is 2.07 bits per heavy atom. The van der Waals surface area contributed by atoms with Crippen LogP contribution in [0.2, 0.25) is 0 Å². The number of fused-ring (bicyclic) bond motifs is 3. The normalized spacial score (nSPS) is 29.9. The Hall–Kier alpha value is -1.21. The summed E-state index contributed by atoms with van der Waals surface area (Å²) < 4.78 is 12.3. The number of aliphatic hydroxyl groups is 1. The molecule has 0 spiro atoms. The van der Waals surface area contributed by atoms with Gasteiger partial charge in [0.25, 0.3) is 0 Å². The smallest absolute Gasteiger partial charge is 0.131 e. The Kier molecular flexibility index (Phi) is 6.02. The summed E-state index contributed by atoms with van der Waals surface area (Å²) >= 11 is 1.82. The summed E-state index contributed by atoms with van der Waals surface area (Å²) in [6.45, 7) is 6.47. The molecule has 1 saturated heterocycles. The molecule has 0 amide bonds. The molecule has 2 aliphatic carbocycles. The predicted octanol–water partition coefficient (Wildman–Crippen LogP) is 4.51. The molecule has 30 heavy (non-hydrogen) atoms. The molecule has 2 aromatic rings. The third-order valence-corrected chi connectivity index (χ3v) is 8.94. The topological polar surface area (TPSA) is 54.8 Å². The van der Waals surface area contributed by atoms with Crippen molar-refractivity contribution in [3.8, 4) is 5.75 Å². The molecule has 3 heterocycles. The minimum atomic E-state index is 0.251. The molecule has 1 N–H and O–H groups in total. The van der Waals surface area contributed by atoms with Crippen molar-refractivity contribution in [3.05, 3.63) is 22.7 Å². The first-order valence-corrected chi connectivity index (χ1v) is 12.6. The molecule has 1 saturated carbocycles. The highest BCUT2D eigenvalue weighted by Crippen LogP contribution is 2.48. The first-order chi connectivity index (χ1) is 14.7. The van der Waals surface area contributed by atoms with Crippen molar-refractivity contribution >= 4 is 21.6 Å². The van der Waals surface area contributed by atoms with Gasteiger partial charge in [0, 0.05) is 36.3 Å². The zero-order valence-corrected chi connectivity index (χ0v) is 18.9. The fourth-order valence-electron chi connectivity index (χ4n) is 6.03. The third-order valence-electron chi connectivity index (χ3n) is 7.77. The summed E-state index contributed by atoms with van der Waals surface area (Å²) in [5, 5.41) is 10.7. The van der Waals surface area contributed by atoms with Crippen molar-refractivity contribution in [2.45, 2.75) is 75.9 Å². The van der Waals surface area contributed by atoms with Crippen LogP contribution < -0.4 is 4.74 Å². The van der Waals surface area contributed by atoms with Crippen LogP contribution in [-0.4, -0.2) is 59.5 Å². The van der Waals surface area contributed by atoms with Crippen LogP contribution in [0.3, 0.4) is 0 Å². The van der Waals surface area contributed by atoms with Gasteiger partial charge in [-0.05, 0) is 68.9 Å². The molecule has 5 nitrogen and oxygen atoms in total. The van der Waals surface area contributed by atoms with Gasteiger partial charge >= 0.3 is 0 Å². The average molecular weight is 431 g/mol. The maximum atomic E-state index is 9.52. The molecule has 164 valence electrons. The summed E-state index contributed by atoms with van der Waals surface area (Å²) in [6, 6.07) is 2.06. The standard InChI is InChI=1S/C24H34N2O3S/c1-2-24(26-12-15-28-16-13-26)9-5-18(6-10-24)29-19-7-11-25-23-22(19)21-17(8-14-27)3-4-20(21)30-23/h7,11,17-18,27H,2-6,8-10,12-16H2,1H3/t17-,18-,24-/m1/s1. The predicted molar refractivity (Wildman–Crippen MR) is 121 cm³/mol. The number of pyridine rings is 1. The number of aliphatic hydroxyl groups excluding tert-OH is 1. The van der Waals surface area contributed by atoms with Crippen molar-refractivity contribution in [2.24, 2.45) is 0 Å². The van der Waals surface area contributed by atoms with E-state index in [4.69, 9.17) is 9.47 Å². The molecule has 0 radical (unpaired) electrons. The summed E-state index contributed by atoms with van der Waals surface area (Å²) in [5.74, 6) is 1.47. The molecule has 2 aromatic heterocycles. The van der Waals surface area contributed by atoms with Gasteiger partial charge in [0.15, 0.2) is 0 Å². The van der Waals surface area contributed by atoms with Crippen LogP contribution in [0.4, 0.5) is 0 Å². The number of aromatic nitrogens is 1. The van der Waals surface area contributed by atoms with Crippen molar-refractivity contribution in [3.63, 3.8) is 0 Å². The number of rotatable bonds is 6. The SMILES string of the molecule is CC[C@]1(N2CCOCC2)CC[C@H](Oc2ccnc3sc4c(c23)[C@@H](CCO)CC4)CC1. The second kappa shape index (κ2) is 8.73. The quantitative estimate of drug-likeness (QED) is 0.731. The van der Waals surface area contributed by atoms with E-state index in [1.165, 1.54) is 35.1 Å². The molecule has 1 atom stereocenters. The van der Waals surface area contributed by atoms with Gasteiger partial charge < -0.3 is 14.6 Å². The number of hydrogen-bond acceptors (Lipinski definition) is 6. The Balaban J connectivity index is 1.33. The number of hydrogen-bond donors (Lipinski definition) is 1. The molecular formula is C24H34N2O3S. The lowest BCUT2D eigenvalue weighted by molar-refractivity contribution is -0.0510. The van der Waals surface area contributed by atoms with Crippen molar-refractivity contribution in [1.82, 2.24) is 9.88 Å². The number of morpholine rings is 1. The summed E-state index contributed by atoms with van der Waals surface area (Å²) in [5.41, 5.74) is 1.74. The minimum absolute atomic E-state index is 0.251. The van der Waals surface area contributed by atoms with Gasteiger partial charge in [0.2, 0.25) is 0 Å². The van der Waals surface area contributed by atoms with Gasteiger partial charge in [0.05, 0.1) is 24.7 Å². The highest BCUT2D eigenvalue weighted by Gasteiger charge is 2.40. The van der Waals surface area contributed by atoms with Gasteiger partial charge in [0.1, 0.15) is 10.6 Å². The van der Waals surface area contributed by atoms with Gasteiger partial charge in [-0.2, -0.15) is 0 Å². The highest BCUT2D eigenvalue weighted by molar-refractivity contribution is 7.19. The van der Waals surface area contributed by atoms with Gasteiger partial charge in [-0.15, -0.1) is 11.3 Å². The van der Waals surface area contributed by atoms with E-state index in [2.05, 4.69) is 22.9 Å². The summed E-state index contributed by atoms with van der Waals surface area (Å²) in [7, 11) is 0. The van der Waals surface area contributed by atoms with Crippen LogP contribution in [0.5, 0.6) is 5.75 Å². The second-order valence-electron chi connectivity index (χ2n) is 9.17. The largest absolute Gasteiger partial charge is 0.490 e. The van der Waals surface area contributed by atoms with Crippen LogP contribution in [0.25, 0.3) is 10.2 Å². The van der Waals surface area contributed by atoms with Crippen LogP contribution in [0, 0.1) is 0 Å². The molecule has 1 aliphatic heterocycles. The lowest BCUT2D eigenvalue weighted by Crippen LogP contribution is -2.55. The highest BCUT2D eigenvalue weighted by atomic mass is 32.1. The number of thiophene rings is 1. The van der Waals surface area contributed by atoms with E-state index in [1.54, 1.807) is 0 Å². The first kappa shape index (κ1) is 20.7. The van der Waals surface area contributed by atoms with Gasteiger partial charge in [-0.3, -0.25) is 4.90 Å². The van der Waals surface area contributed by atoms with Crippen LogP contribution >= 0.6 is 11.3 Å². The third kappa shape index (κ3) is 3.66. The van der Waals surface area contributed by atoms with Crippen LogP contribution in [0.15, 0.2) is 12.3 Å². The van der Waals surface area contributed by atoms with E-state index in [-0.39, 0.29) is 12.7 Å². The van der Waals surface area contributed by atoms with Gasteiger partial charge in [-0.25, -0.2) is 4.98 Å². The van der Waals surface area contributed by atoms with E-state index < -0.39 is 0 Å². The molecule has 2 fully saturated rings. The number of ether oxygens (including phenoxy) is 2. The van der Waals surface area contributed by atoms with Crippen LogP contribution in [-0.2, 0) is 11.2 Å². The molecule has 6 heteroatoms. The maximum absolute atomic E-state index is 9.52. The molecule has 0 bridgehead atoms. The lowest BCUT2D eigenvalue weighted by atomic mass is 9.77. The van der Waals surface area contributed by atoms with Crippen molar-refractivity contribution in [1.29, 1.82) is 0 Å². The first-order valence-electron chi connectivity index (χ1n) is 11.7. The van der Waals surface area contributed by atoms with E-state index in [9.17, 15) is 5.11 Å². The van der Waals surface area contributed by atoms with Crippen LogP contribution in [0.1, 0.15) is 68.2 Å².